The van der Waals surface area contributed by atoms with Gasteiger partial charge in [0.05, 0.1) is 0 Å². The molecule has 0 N–H and O–H groups in total. The number of terminal acetylenes is 1. The molecule has 0 atom stereocenters. The molecule has 0 nitrogen and oxygen atoms in total. The van der Waals surface area contributed by atoms with Gasteiger partial charge in [0.15, 0.2) is 0 Å². The molecule has 0 aliphatic rings. The molecular formula is C9H18S. The lowest BCUT2D eigenvalue weighted by atomic mass is 10.2. The van der Waals surface area contributed by atoms with Gasteiger partial charge in [0, 0.05) is 6.42 Å². The molecule has 0 aliphatic heterocycles. The molecule has 1 heteroatoms. The maximum Gasteiger partial charge on any atom is 0.00860 e. The largest absolute Gasteiger partial charge is 0.180 e. The van der Waals surface area contributed by atoms with Gasteiger partial charge in [0.1, 0.15) is 0 Å². The van der Waals surface area contributed by atoms with Crippen molar-refractivity contribution in [3.63, 3.8) is 0 Å². The maximum atomic E-state index is 5.02. The molecule has 0 rings (SSSR count). The summed E-state index contributed by atoms with van der Waals surface area (Å²) >= 11 is 3.79. The Hall–Kier alpha value is -0.0900. The van der Waals surface area contributed by atoms with E-state index < -0.39 is 0 Å². The first-order valence-electron chi connectivity index (χ1n) is 3.87. The molecule has 0 heterocycles. The van der Waals surface area contributed by atoms with E-state index in [0.717, 1.165) is 12.2 Å². The van der Waals surface area contributed by atoms with Crippen LogP contribution in [-0.4, -0.2) is 5.75 Å². The van der Waals surface area contributed by atoms with Gasteiger partial charge in [-0.2, -0.15) is 12.6 Å². The first-order valence-corrected chi connectivity index (χ1v) is 4.51. The van der Waals surface area contributed by atoms with Crippen LogP contribution in [0.15, 0.2) is 0 Å². The van der Waals surface area contributed by atoms with Gasteiger partial charge in [-0.05, 0) is 12.2 Å². The molecule has 0 unspecified atom stereocenters. The molecule has 0 spiro atoms. The molecule has 10 heavy (non-hydrogen) atoms. The van der Waals surface area contributed by atoms with Crippen molar-refractivity contribution in [2.45, 2.75) is 39.5 Å². The van der Waals surface area contributed by atoms with Gasteiger partial charge in [0.2, 0.25) is 0 Å². The standard InChI is InChI=1S/C7H12.C2H6S/c1-3-5-7-6-4-2;1-2-3/h1H,4-7H2,2H3;3H,2H2,1H3. The first kappa shape index (κ1) is 12.6. The van der Waals surface area contributed by atoms with Crippen molar-refractivity contribution < 1.29 is 0 Å². The van der Waals surface area contributed by atoms with Crippen LogP contribution in [0.2, 0.25) is 0 Å². The van der Waals surface area contributed by atoms with Gasteiger partial charge in [-0.15, -0.1) is 12.3 Å². The van der Waals surface area contributed by atoms with E-state index in [1.165, 1.54) is 19.3 Å². The molecule has 0 aromatic rings. The predicted octanol–water partition coefficient (Wildman–Crippen LogP) is 3.14. The second kappa shape index (κ2) is 16.0. The zero-order chi connectivity index (χ0) is 8.24. The summed E-state index contributed by atoms with van der Waals surface area (Å²) in [7, 11) is 0. The Morgan fingerprint density at radius 1 is 1.30 bits per heavy atom. The Morgan fingerprint density at radius 3 is 2.10 bits per heavy atom. The molecule has 0 amide bonds. The monoisotopic (exact) mass is 158 g/mol. The highest BCUT2D eigenvalue weighted by Crippen LogP contribution is 1.95. The molecule has 0 bridgehead atoms. The maximum absolute atomic E-state index is 5.02. The summed E-state index contributed by atoms with van der Waals surface area (Å²) in [6.45, 7) is 4.17. The molecule has 0 fully saturated rings. The van der Waals surface area contributed by atoms with Gasteiger partial charge < -0.3 is 0 Å². The van der Waals surface area contributed by atoms with Crippen molar-refractivity contribution in [2.75, 3.05) is 5.75 Å². The zero-order valence-electron chi connectivity index (χ0n) is 7.06. The van der Waals surface area contributed by atoms with E-state index in [9.17, 15) is 0 Å². The average molecular weight is 158 g/mol. The Balaban J connectivity index is 0. The minimum atomic E-state index is 0.944. The highest BCUT2D eigenvalue weighted by molar-refractivity contribution is 7.80. The van der Waals surface area contributed by atoms with E-state index in [1.54, 1.807) is 0 Å². The fourth-order valence-corrected chi connectivity index (χ4v) is 0.477. The van der Waals surface area contributed by atoms with Crippen molar-refractivity contribution in [3.05, 3.63) is 0 Å². The van der Waals surface area contributed by atoms with Gasteiger partial charge in [-0.25, -0.2) is 0 Å². The number of thiol groups is 1. The highest BCUT2D eigenvalue weighted by Gasteiger charge is 1.77. The molecule has 0 saturated heterocycles. The number of hydrogen-bond acceptors (Lipinski definition) is 1. The molecule has 0 aromatic heterocycles. The molecule has 0 aromatic carbocycles. The fraction of sp³-hybridized carbons (Fsp3) is 0.778. The molecule has 60 valence electrons. The van der Waals surface area contributed by atoms with Crippen LogP contribution in [0, 0.1) is 12.3 Å². The lowest BCUT2D eigenvalue weighted by Gasteiger charge is -1.86. The number of unbranched alkanes of at least 4 members (excludes halogenated alkanes) is 3. The summed E-state index contributed by atoms with van der Waals surface area (Å²) in [6, 6.07) is 0. The third-order valence-electron chi connectivity index (χ3n) is 0.925. The molecular weight excluding hydrogens is 140 g/mol. The molecule has 0 aliphatic carbocycles. The van der Waals surface area contributed by atoms with Crippen LogP contribution in [-0.2, 0) is 0 Å². The van der Waals surface area contributed by atoms with E-state index in [4.69, 9.17) is 6.42 Å². The van der Waals surface area contributed by atoms with Crippen LogP contribution in [0.25, 0.3) is 0 Å². The van der Waals surface area contributed by atoms with E-state index in [2.05, 4.69) is 25.5 Å². The predicted molar refractivity (Wildman–Crippen MR) is 52.5 cm³/mol. The van der Waals surface area contributed by atoms with Crippen LogP contribution < -0.4 is 0 Å². The quantitative estimate of drug-likeness (QED) is 0.364. The fourth-order valence-electron chi connectivity index (χ4n) is 0.477. The summed E-state index contributed by atoms with van der Waals surface area (Å²) in [6.07, 6.45) is 9.72. The lowest BCUT2D eigenvalue weighted by molar-refractivity contribution is 0.737. The highest BCUT2D eigenvalue weighted by atomic mass is 32.1. The Morgan fingerprint density at radius 2 is 1.80 bits per heavy atom. The molecule has 0 saturated carbocycles. The summed E-state index contributed by atoms with van der Waals surface area (Å²) in [5.41, 5.74) is 0. The summed E-state index contributed by atoms with van der Waals surface area (Å²) in [4.78, 5) is 0. The van der Waals surface area contributed by atoms with Crippen LogP contribution in [0.5, 0.6) is 0 Å². The number of rotatable bonds is 3. The second-order valence-electron chi connectivity index (χ2n) is 1.98. The topological polar surface area (TPSA) is 0 Å². The van der Waals surface area contributed by atoms with Crippen molar-refractivity contribution in [2.24, 2.45) is 0 Å². The zero-order valence-corrected chi connectivity index (χ0v) is 7.95. The summed E-state index contributed by atoms with van der Waals surface area (Å²) in [5, 5.41) is 0. The molecule has 0 radical (unpaired) electrons. The summed E-state index contributed by atoms with van der Waals surface area (Å²) in [5.74, 6) is 3.55. The van der Waals surface area contributed by atoms with E-state index in [-0.39, 0.29) is 0 Å². The Bertz CT molecular complexity index is 71.3. The van der Waals surface area contributed by atoms with Crippen molar-refractivity contribution in [1.29, 1.82) is 0 Å². The lowest BCUT2D eigenvalue weighted by Crippen LogP contribution is -1.68. The third kappa shape index (κ3) is 24.7. The minimum Gasteiger partial charge on any atom is -0.180 e. The average Bonchev–Trinajstić information content (AvgIpc) is 1.91. The van der Waals surface area contributed by atoms with Crippen molar-refractivity contribution in [3.8, 4) is 12.3 Å². The van der Waals surface area contributed by atoms with Crippen LogP contribution in [0.3, 0.4) is 0 Å². The van der Waals surface area contributed by atoms with Gasteiger partial charge >= 0.3 is 0 Å². The third-order valence-corrected chi connectivity index (χ3v) is 0.925. The van der Waals surface area contributed by atoms with E-state index in [1.807, 2.05) is 6.92 Å². The van der Waals surface area contributed by atoms with E-state index in [0.29, 0.717) is 0 Å². The summed E-state index contributed by atoms with van der Waals surface area (Å²) < 4.78 is 0. The minimum absolute atomic E-state index is 0.944. The van der Waals surface area contributed by atoms with Gasteiger partial charge in [0.25, 0.3) is 0 Å². The van der Waals surface area contributed by atoms with Crippen molar-refractivity contribution in [1.82, 2.24) is 0 Å². The van der Waals surface area contributed by atoms with Crippen LogP contribution in [0.4, 0.5) is 0 Å². The second-order valence-corrected chi connectivity index (χ2v) is 2.61. The van der Waals surface area contributed by atoms with E-state index >= 15 is 0 Å². The Labute approximate surface area is 70.8 Å². The normalized spacial score (nSPS) is 7.40. The first-order chi connectivity index (χ1) is 4.83. The Kier molecular flexibility index (Phi) is 20.1. The van der Waals surface area contributed by atoms with Crippen molar-refractivity contribution >= 4 is 12.6 Å². The van der Waals surface area contributed by atoms with Gasteiger partial charge in [-0.1, -0.05) is 26.7 Å². The van der Waals surface area contributed by atoms with Gasteiger partial charge in [-0.3, -0.25) is 0 Å². The number of hydrogen-bond donors (Lipinski definition) is 1. The SMILES string of the molecule is C#CCCCCC.CCS. The smallest absolute Gasteiger partial charge is 0.00860 e. The van der Waals surface area contributed by atoms with Crippen LogP contribution >= 0.6 is 12.6 Å². The van der Waals surface area contributed by atoms with Crippen LogP contribution in [0.1, 0.15) is 39.5 Å².